The molecule has 5 rings (SSSR count). The summed E-state index contributed by atoms with van der Waals surface area (Å²) in [4.78, 5) is 43.4. The van der Waals surface area contributed by atoms with Crippen LogP contribution in [-0.4, -0.2) is 66.3 Å². The molecule has 1 saturated heterocycles. The molecule has 0 spiro atoms. The third kappa shape index (κ3) is 5.68. The predicted molar refractivity (Wildman–Crippen MR) is 139 cm³/mol. The highest BCUT2D eigenvalue weighted by Gasteiger charge is 2.40. The zero-order valence-electron chi connectivity index (χ0n) is 20.2. The lowest BCUT2D eigenvalue weighted by Gasteiger charge is -2.23. The van der Waals surface area contributed by atoms with Crippen molar-refractivity contribution in [3.05, 3.63) is 76.8 Å². The molecule has 4 heterocycles. The van der Waals surface area contributed by atoms with Gasteiger partial charge in [-0.2, -0.15) is 15.3 Å². The van der Waals surface area contributed by atoms with Crippen LogP contribution in [0.1, 0.15) is 28.0 Å². The first-order valence-electron chi connectivity index (χ1n) is 11.7. The Morgan fingerprint density at radius 1 is 1.13 bits per heavy atom. The third-order valence-electron chi connectivity index (χ3n) is 6.04. The number of hydrogen-bond acceptors (Lipinski definition) is 7. The molecule has 3 amide bonds. The maximum atomic E-state index is 14.4. The van der Waals surface area contributed by atoms with Crippen LogP contribution in [0.3, 0.4) is 0 Å². The van der Waals surface area contributed by atoms with E-state index >= 15 is 0 Å². The molecule has 39 heavy (non-hydrogen) atoms. The molecule has 2 atom stereocenters. The van der Waals surface area contributed by atoms with Gasteiger partial charge in [0.25, 0.3) is 5.91 Å². The summed E-state index contributed by atoms with van der Waals surface area (Å²) in [5.74, 6) is 4.19. The van der Waals surface area contributed by atoms with Crippen molar-refractivity contribution in [3.8, 4) is 11.8 Å². The van der Waals surface area contributed by atoms with Gasteiger partial charge in [0, 0.05) is 22.9 Å². The molecule has 13 heteroatoms. The van der Waals surface area contributed by atoms with Gasteiger partial charge in [0.2, 0.25) is 11.8 Å². The summed E-state index contributed by atoms with van der Waals surface area (Å²) in [5, 5.41) is 14.9. The number of halogens is 2. The van der Waals surface area contributed by atoms with Crippen LogP contribution in [0.2, 0.25) is 5.15 Å². The van der Waals surface area contributed by atoms with Crippen LogP contribution in [0.5, 0.6) is 0 Å². The minimum absolute atomic E-state index is 0.0434. The molecule has 0 bridgehead atoms. The lowest BCUT2D eigenvalue weighted by Crippen LogP contribution is -2.44. The highest BCUT2D eigenvalue weighted by atomic mass is 35.5. The molecule has 1 fully saturated rings. The van der Waals surface area contributed by atoms with Crippen LogP contribution in [0.25, 0.3) is 10.9 Å². The number of pyridine rings is 1. The van der Waals surface area contributed by atoms with Crippen molar-refractivity contribution in [2.24, 2.45) is 5.73 Å². The van der Waals surface area contributed by atoms with E-state index in [0.717, 1.165) is 4.90 Å². The lowest BCUT2D eigenvalue weighted by atomic mass is 10.1. The number of nitrogens with two attached hydrogens (primary N) is 1. The standard InChI is InChI=1S/C26H20ClFN8O3/c27-21-2-1-3-22(32-21)33-26(39)20-11-17(28)13-35(20)23(37)14-36-19-7-6-15(4-5-16-8-9-30-31-12-16)10-18(19)24(34-36)25(29)38/h1-3,6-10,12,17,20H,11,13-14H2,(H2,29,38)(H,32,33,39)/t17-,20+/m1/s1. The molecule has 0 radical (unpaired) electrons. The lowest BCUT2D eigenvalue weighted by molar-refractivity contribution is -0.137. The number of nitrogens with one attached hydrogen (secondary N) is 1. The van der Waals surface area contributed by atoms with Crippen LogP contribution in [0.4, 0.5) is 10.2 Å². The number of amides is 3. The van der Waals surface area contributed by atoms with Crippen LogP contribution in [0, 0.1) is 11.8 Å². The number of nitrogens with zero attached hydrogens (tertiary/aromatic N) is 6. The van der Waals surface area contributed by atoms with Crippen LogP contribution in [-0.2, 0) is 16.1 Å². The molecule has 0 aliphatic carbocycles. The van der Waals surface area contributed by atoms with Gasteiger partial charge >= 0.3 is 0 Å². The third-order valence-corrected chi connectivity index (χ3v) is 6.25. The molecule has 4 aromatic rings. The van der Waals surface area contributed by atoms with Gasteiger partial charge in [-0.3, -0.25) is 19.1 Å². The molecular formula is C26H20ClFN8O3. The second kappa shape index (κ2) is 10.8. The Hall–Kier alpha value is -4.89. The van der Waals surface area contributed by atoms with Crippen molar-refractivity contribution in [1.82, 2.24) is 29.9 Å². The molecule has 0 saturated carbocycles. The Morgan fingerprint density at radius 3 is 2.69 bits per heavy atom. The number of rotatable bonds is 5. The fraction of sp³-hybridized carbons (Fsp3) is 0.192. The van der Waals surface area contributed by atoms with Gasteiger partial charge in [-0.05, 0) is 36.4 Å². The normalized spacial score (nSPS) is 16.5. The summed E-state index contributed by atoms with van der Waals surface area (Å²) in [6, 6.07) is 10.3. The van der Waals surface area contributed by atoms with Gasteiger partial charge in [0.15, 0.2) is 5.69 Å². The molecule has 196 valence electrons. The van der Waals surface area contributed by atoms with Gasteiger partial charge in [0.1, 0.15) is 29.7 Å². The number of hydrogen-bond donors (Lipinski definition) is 2. The van der Waals surface area contributed by atoms with Crippen LogP contribution >= 0.6 is 11.6 Å². The number of anilines is 1. The minimum atomic E-state index is -1.38. The first-order chi connectivity index (χ1) is 18.8. The summed E-state index contributed by atoms with van der Waals surface area (Å²) in [6.07, 6.45) is 1.49. The molecule has 11 nitrogen and oxygen atoms in total. The number of fused-ring (bicyclic) bond motifs is 1. The Bertz CT molecular complexity index is 1650. The van der Waals surface area contributed by atoms with E-state index in [1.165, 1.54) is 23.1 Å². The number of likely N-dealkylation sites (tertiary alicyclic amines) is 1. The number of carbonyl (C=O) groups excluding carboxylic acids is 3. The fourth-order valence-electron chi connectivity index (χ4n) is 4.28. The van der Waals surface area contributed by atoms with E-state index in [2.05, 4.69) is 37.4 Å². The molecule has 1 aliphatic heterocycles. The summed E-state index contributed by atoms with van der Waals surface area (Å²) in [5.41, 5.74) is 7.19. The Balaban J connectivity index is 1.39. The van der Waals surface area contributed by atoms with E-state index in [1.54, 1.807) is 36.4 Å². The van der Waals surface area contributed by atoms with E-state index in [4.69, 9.17) is 17.3 Å². The SMILES string of the molecule is NC(=O)c1nn(CC(=O)N2C[C@H](F)C[C@H]2C(=O)Nc2cccc(Cl)n2)c2ccc(C#Cc3ccnnc3)cc12. The van der Waals surface area contributed by atoms with Gasteiger partial charge in [-0.25, -0.2) is 9.37 Å². The van der Waals surface area contributed by atoms with E-state index in [1.807, 2.05) is 0 Å². The molecule has 0 unspecified atom stereocenters. The van der Waals surface area contributed by atoms with E-state index in [0.29, 0.717) is 22.0 Å². The zero-order chi connectivity index (χ0) is 27.5. The highest BCUT2D eigenvalue weighted by molar-refractivity contribution is 6.29. The summed E-state index contributed by atoms with van der Waals surface area (Å²) in [6.45, 7) is -0.602. The zero-order valence-corrected chi connectivity index (χ0v) is 21.0. The predicted octanol–water partition coefficient (Wildman–Crippen LogP) is 1.95. The maximum absolute atomic E-state index is 14.4. The van der Waals surface area contributed by atoms with Crippen molar-refractivity contribution in [3.63, 3.8) is 0 Å². The smallest absolute Gasteiger partial charge is 0.269 e. The number of benzene rings is 1. The average Bonchev–Trinajstić information content (AvgIpc) is 3.49. The van der Waals surface area contributed by atoms with Crippen molar-refractivity contribution in [1.29, 1.82) is 0 Å². The number of carbonyl (C=O) groups is 3. The van der Waals surface area contributed by atoms with Crippen molar-refractivity contribution >= 4 is 46.0 Å². The summed E-state index contributed by atoms with van der Waals surface area (Å²) in [7, 11) is 0. The molecular weight excluding hydrogens is 527 g/mol. The Kier molecular flexibility index (Phi) is 7.16. The maximum Gasteiger partial charge on any atom is 0.269 e. The van der Waals surface area contributed by atoms with E-state index < -0.39 is 29.9 Å². The van der Waals surface area contributed by atoms with Crippen molar-refractivity contribution < 1.29 is 18.8 Å². The van der Waals surface area contributed by atoms with Gasteiger partial charge in [-0.1, -0.05) is 29.5 Å². The van der Waals surface area contributed by atoms with Gasteiger partial charge in [-0.15, -0.1) is 0 Å². The molecule has 3 aromatic heterocycles. The van der Waals surface area contributed by atoms with Gasteiger partial charge < -0.3 is 16.0 Å². The minimum Gasteiger partial charge on any atom is -0.364 e. The van der Waals surface area contributed by atoms with E-state index in [-0.39, 0.29) is 36.2 Å². The van der Waals surface area contributed by atoms with Crippen LogP contribution < -0.4 is 11.1 Å². The molecule has 1 aromatic carbocycles. The Labute approximate surface area is 226 Å². The molecule has 3 N–H and O–H groups in total. The van der Waals surface area contributed by atoms with Crippen LogP contribution in [0.15, 0.2) is 54.9 Å². The average molecular weight is 547 g/mol. The first-order valence-corrected chi connectivity index (χ1v) is 12.1. The fourth-order valence-corrected chi connectivity index (χ4v) is 4.45. The van der Waals surface area contributed by atoms with Crippen molar-refractivity contribution in [2.75, 3.05) is 11.9 Å². The monoisotopic (exact) mass is 546 g/mol. The van der Waals surface area contributed by atoms with E-state index in [9.17, 15) is 18.8 Å². The first kappa shape index (κ1) is 25.7. The summed E-state index contributed by atoms with van der Waals surface area (Å²) >= 11 is 5.87. The topological polar surface area (TPSA) is 149 Å². The molecule has 1 aliphatic rings. The largest absolute Gasteiger partial charge is 0.364 e. The second-order valence-electron chi connectivity index (χ2n) is 8.71. The number of primary amides is 1. The van der Waals surface area contributed by atoms with Crippen molar-refractivity contribution in [2.45, 2.75) is 25.2 Å². The highest BCUT2D eigenvalue weighted by Crippen LogP contribution is 2.25. The summed E-state index contributed by atoms with van der Waals surface area (Å²) < 4.78 is 15.7. The quantitative estimate of drug-likeness (QED) is 0.287. The Morgan fingerprint density at radius 2 is 1.95 bits per heavy atom. The number of aromatic nitrogens is 5. The second-order valence-corrected chi connectivity index (χ2v) is 9.10. The van der Waals surface area contributed by atoms with Gasteiger partial charge in [0.05, 0.1) is 24.5 Å². The number of alkyl halides is 1.